The Bertz CT molecular complexity index is 300. The third kappa shape index (κ3) is 2.58. The van der Waals surface area contributed by atoms with Gasteiger partial charge in [0.25, 0.3) is 0 Å². The Kier molecular flexibility index (Phi) is 3.01. The van der Waals surface area contributed by atoms with Gasteiger partial charge in [0.05, 0.1) is 6.10 Å². The van der Waals surface area contributed by atoms with Crippen molar-refractivity contribution in [3.8, 4) is 0 Å². The number of aliphatic hydroxyl groups excluding tert-OH is 1. The Morgan fingerprint density at radius 3 is 1.79 bits per heavy atom. The van der Waals surface area contributed by atoms with E-state index >= 15 is 0 Å². The summed E-state index contributed by atoms with van der Waals surface area (Å²) in [6, 6.07) is 6.24. The molecular weight excluding hydrogens is 172 g/mol. The van der Waals surface area contributed by atoms with Crippen molar-refractivity contribution < 1.29 is 5.11 Å². The summed E-state index contributed by atoms with van der Waals surface area (Å²) < 4.78 is 0. The number of aryl methyl sites for hydroxylation is 2. The van der Waals surface area contributed by atoms with E-state index < -0.39 is 0 Å². The van der Waals surface area contributed by atoms with Gasteiger partial charge in [0.1, 0.15) is 0 Å². The van der Waals surface area contributed by atoms with Crippen LogP contribution in [0.1, 0.15) is 43.6 Å². The van der Waals surface area contributed by atoms with E-state index in [0.717, 1.165) is 5.56 Å². The number of hydrogen-bond donors (Lipinski definition) is 1. The minimum Gasteiger partial charge on any atom is -0.388 e. The summed E-state index contributed by atoms with van der Waals surface area (Å²) in [4.78, 5) is 0. The van der Waals surface area contributed by atoms with Crippen LogP contribution in [0.5, 0.6) is 0 Å². The highest BCUT2D eigenvalue weighted by Gasteiger charge is 2.23. The second kappa shape index (κ2) is 3.74. The van der Waals surface area contributed by atoms with Gasteiger partial charge in [-0.2, -0.15) is 0 Å². The minimum atomic E-state index is -0.388. The smallest absolute Gasteiger partial charge is 0.0838 e. The molecular formula is C13H20O. The van der Waals surface area contributed by atoms with Crippen LogP contribution >= 0.6 is 0 Å². The minimum absolute atomic E-state index is 0.0970. The van der Waals surface area contributed by atoms with Crippen molar-refractivity contribution in [1.29, 1.82) is 0 Å². The predicted molar refractivity (Wildman–Crippen MR) is 60.3 cm³/mol. The molecule has 14 heavy (non-hydrogen) atoms. The van der Waals surface area contributed by atoms with Crippen LogP contribution in [0.2, 0.25) is 0 Å². The maximum atomic E-state index is 10.1. The third-order valence-electron chi connectivity index (χ3n) is 2.38. The molecule has 1 nitrogen and oxygen atoms in total. The lowest BCUT2D eigenvalue weighted by Gasteiger charge is -2.26. The molecule has 0 heterocycles. The second-order valence-electron chi connectivity index (χ2n) is 5.19. The summed E-state index contributed by atoms with van der Waals surface area (Å²) in [6.45, 7) is 10.3. The third-order valence-corrected chi connectivity index (χ3v) is 2.38. The van der Waals surface area contributed by atoms with Crippen molar-refractivity contribution in [2.75, 3.05) is 0 Å². The molecule has 0 saturated heterocycles. The molecule has 1 heteroatoms. The van der Waals surface area contributed by atoms with Crippen LogP contribution in [0, 0.1) is 19.3 Å². The van der Waals surface area contributed by atoms with Crippen molar-refractivity contribution in [1.82, 2.24) is 0 Å². The summed E-state index contributed by atoms with van der Waals surface area (Å²) in [5, 5.41) is 10.1. The van der Waals surface area contributed by atoms with Crippen molar-refractivity contribution >= 4 is 0 Å². The van der Waals surface area contributed by atoms with Crippen LogP contribution in [0.25, 0.3) is 0 Å². The van der Waals surface area contributed by atoms with E-state index in [-0.39, 0.29) is 11.5 Å². The molecule has 1 rings (SSSR count). The maximum absolute atomic E-state index is 10.1. The lowest BCUT2D eigenvalue weighted by atomic mass is 9.84. The standard InChI is InChI=1S/C13H20O/c1-9-6-10(2)8-11(7-9)12(14)13(3,4)5/h6-8,12,14H,1-5H3. The highest BCUT2D eigenvalue weighted by atomic mass is 16.3. The SMILES string of the molecule is Cc1cc(C)cc(C(O)C(C)(C)C)c1. The van der Waals surface area contributed by atoms with E-state index in [4.69, 9.17) is 0 Å². The van der Waals surface area contributed by atoms with Crippen LogP contribution in [-0.2, 0) is 0 Å². The lowest BCUT2D eigenvalue weighted by Crippen LogP contribution is -2.17. The van der Waals surface area contributed by atoms with Crippen molar-refractivity contribution in [3.05, 3.63) is 34.9 Å². The van der Waals surface area contributed by atoms with Crippen LogP contribution in [0.4, 0.5) is 0 Å². The first-order valence-electron chi connectivity index (χ1n) is 5.07. The van der Waals surface area contributed by atoms with Gasteiger partial charge in [-0.15, -0.1) is 0 Å². The van der Waals surface area contributed by atoms with Gasteiger partial charge in [-0.3, -0.25) is 0 Å². The Morgan fingerprint density at radius 1 is 1.00 bits per heavy atom. The molecule has 1 atom stereocenters. The Labute approximate surface area is 86.8 Å². The Balaban J connectivity index is 3.07. The fourth-order valence-corrected chi connectivity index (χ4v) is 1.67. The van der Waals surface area contributed by atoms with Crippen LogP contribution in [0.3, 0.4) is 0 Å². The summed E-state index contributed by atoms with van der Waals surface area (Å²) in [7, 11) is 0. The molecule has 0 aliphatic carbocycles. The first-order valence-corrected chi connectivity index (χ1v) is 5.07. The molecule has 0 amide bonds. The highest BCUT2D eigenvalue weighted by molar-refractivity contribution is 5.30. The molecule has 78 valence electrons. The van der Waals surface area contributed by atoms with E-state index in [1.54, 1.807) is 0 Å². The number of benzene rings is 1. The van der Waals surface area contributed by atoms with E-state index in [1.807, 2.05) is 0 Å². The Morgan fingerprint density at radius 2 is 1.43 bits per heavy atom. The molecule has 0 aliphatic rings. The van der Waals surface area contributed by atoms with Gasteiger partial charge >= 0.3 is 0 Å². The van der Waals surface area contributed by atoms with Gasteiger partial charge in [-0.1, -0.05) is 50.1 Å². The lowest BCUT2D eigenvalue weighted by molar-refractivity contribution is 0.0626. The van der Waals surface area contributed by atoms with E-state index in [9.17, 15) is 5.11 Å². The van der Waals surface area contributed by atoms with Crippen molar-refractivity contribution in [2.45, 2.75) is 40.7 Å². The van der Waals surface area contributed by atoms with Crippen LogP contribution in [-0.4, -0.2) is 5.11 Å². The molecule has 1 unspecified atom stereocenters. The topological polar surface area (TPSA) is 20.2 Å². The zero-order valence-electron chi connectivity index (χ0n) is 9.76. The zero-order chi connectivity index (χ0) is 10.9. The molecule has 0 aliphatic heterocycles. The fourth-order valence-electron chi connectivity index (χ4n) is 1.67. The van der Waals surface area contributed by atoms with Gasteiger partial charge in [0.15, 0.2) is 0 Å². The predicted octanol–water partition coefficient (Wildman–Crippen LogP) is 3.38. The van der Waals surface area contributed by atoms with Crippen LogP contribution < -0.4 is 0 Å². The van der Waals surface area contributed by atoms with Gasteiger partial charge in [-0.25, -0.2) is 0 Å². The quantitative estimate of drug-likeness (QED) is 0.723. The molecule has 0 fully saturated rings. The van der Waals surface area contributed by atoms with Crippen LogP contribution in [0.15, 0.2) is 18.2 Å². The van der Waals surface area contributed by atoms with Gasteiger partial charge in [0.2, 0.25) is 0 Å². The number of hydrogen-bond acceptors (Lipinski definition) is 1. The molecule has 0 saturated carbocycles. The number of aliphatic hydroxyl groups is 1. The summed E-state index contributed by atoms with van der Waals surface area (Å²) >= 11 is 0. The molecule has 0 radical (unpaired) electrons. The molecule has 0 aromatic heterocycles. The summed E-state index contributed by atoms with van der Waals surface area (Å²) in [6.07, 6.45) is -0.388. The van der Waals surface area contributed by atoms with Crippen molar-refractivity contribution in [3.63, 3.8) is 0 Å². The van der Waals surface area contributed by atoms with Gasteiger partial charge in [-0.05, 0) is 24.8 Å². The van der Waals surface area contributed by atoms with E-state index in [2.05, 4.69) is 52.8 Å². The molecule has 0 spiro atoms. The fraction of sp³-hybridized carbons (Fsp3) is 0.538. The largest absolute Gasteiger partial charge is 0.388 e. The van der Waals surface area contributed by atoms with E-state index in [1.165, 1.54) is 11.1 Å². The normalized spacial score (nSPS) is 14.1. The average Bonchev–Trinajstić information content (AvgIpc) is 1.99. The molecule has 1 aromatic rings. The monoisotopic (exact) mass is 192 g/mol. The van der Waals surface area contributed by atoms with Gasteiger partial charge in [0, 0.05) is 0 Å². The average molecular weight is 192 g/mol. The molecule has 1 aromatic carbocycles. The molecule has 1 N–H and O–H groups in total. The Hall–Kier alpha value is -0.820. The zero-order valence-corrected chi connectivity index (χ0v) is 9.76. The molecule has 0 bridgehead atoms. The number of rotatable bonds is 1. The van der Waals surface area contributed by atoms with Crippen molar-refractivity contribution in [2.24, 2.45) is 5.41 Å². The summed E-state index contributed by atoms with van der Waals surface area (Å²) in [5.74, 6) is 0. The second-order valence-corrected chi connectivity index (χ2v) is 5.19. The van der Waals surface area contributed by atoms with E-state index in [0.29, 0.717) is 0 Å². The first kappa shape index (κ1) is 11.3. The maximum Gasteiger partial charge on any atom is 0.0838 e. The first-order chi connectivity index (χ1) is 6.30. The van der Waals surface area contributed by atoms with Gasteiger partial charge < -0.3 is 5.11 Å². The summed E-state index contributed by atoms with van der Waals surface area (Å²) in [5.41, 5.74) is 3.35. The highest BCUT2D eigenvalue weighted by Crippen LogP contribution is 2.33.